The number of rotatable bonds is 10. The molecule has 136 valence electrons. The van der Waals surface area contributed by atoms with Gasteiger partial charge < -0.3 is 15.4 Å². The molecule has 4 nitrogen and oxygen atoms in total. The molecule has 1 rings (SSSR count). The van der Waals surface area contributed by atoms with E-state index in [1.165, 1.54) is 5.56 Å². The molecule has 0 heterocycles. The molecule has 0 fully saturated rings. The van der Waals surface area contributed by atoms with Crippen molar-refractivity contribution in [3.05, 3.63) is 34.9 Å². The minimum Gasteiger partial charge on any atom is -0.382 e. The molecule has 0 spiro atoms. The average molecular weight is 354 g/mol. The molecule has 0 amide bonds. The summed E-state index contributed by atoms with van der Waals surface area (Å²) in [5.41, 5.74) is 1.37. The van der Waals surface area contributed by atoms with Gasteiger partial charge in [0.15, 0.2) is 5.96 Å². The Hall–Kier alpha value is -1.26. The summed E-state index contributed by atoms with van der Waals surface area (Å²) >= 11 is 6.07. The molecule has 24 heavy (non-hydrogen) atoms. The standard InChI is InChI=1S/C19H32ClN3O/c1-5-24-12-7-6-11-22-18(21-4)23-15-19(2,3)14-16-9-8-10-17(20)13-16/h8-10,13H,5-7,11-12,14-15H2,1-4H3,(H2,21,22,23). The first-order chi connectivity index (χ1) is 11.5. The lowest BCUT2D eigenvalue weighted by Gasteiger charge is -2.26. The molecule has 1 aromatic carbocycles. The van der Waals surface area contributed by atoms with Crippen molar-refractivity contribution in [1.29, 1.82) is 0 Å². The zero-order valence-electron chi connectivity index (χ0n) is 15.5. The van der Waals surface area contributed by atoms with Crippen LogP contribution in [0.5, 0.6) is 0 Å². The summed E-state index contributed by atoms with van der Waals surface area (Å²) in [5.74, 6) is 0.852. The first kappa shape index (κ1) is 20.8. The highest BCUT2D eigenvalue weighted by Gasteiger charge is 2.19. The fraction of sp³-hybridized carbons (Fsp3) is 0.632. The molecule has 1 aromatic rings. The van der Waals surface area contributed by atoms with Gasteiger partial charge in [0.2, 0.25) is 0 Å². The topological polar surface area (TPSA) is 45.6 Å². The summed E-state index contributed by atoms with van der Waals surface area (Å²) in [6, 6.07) is 8.07. The second-order valence-corrected chi connectivity index (χ2v) is 7.16. The number of benzene rings is 1. The van der Waals surface area contributed by atoms with E-state index < -0.39 is 0 Å². The molecular formula is C19H32ClN3O. The molecule has 0 aliphatic heterocycles. The van der Waals surface area contributed by atoms with Crippen LogP contribution in [0.3, 0.4) is 0 Å². The number of guanidine groups is 1. The Kier molecular flexibility index (Phi) is 9.80. The van der Waals surface area contributed by atoms with E-state index in [1.54, 1.807) is 7.05 Å². The Bertz CT molecular complexity index is 503. The highest BCUT2D eigenvalue weighted by molar-refractivity contribution is 6.30. The minimum absolute atomic E-state index is 0.108. The van der Waals surface area contributed by atoms with Gasteiger partial charge in [-0.3, -0.25) is 4.99 Å². The van der Waals surface area contributed by atoms with Gasteiger partial charge >= 0.3 is 0 Å². The number of halogens is 1. The molecular weight excluding hydrogens is 322 g/mol. The highest BCUT2D eigenvalue weighted by atomic mass is 35.5. The van der Waals surface area contributed by atoms with Crippen molar-refractivity contribution < 1.29 is 4.74 Å². The number of hydrogen-bond donors (Lipinski definition) is 2. The molecule has 0 unspecified atom stereocenters. The van der Waals surface area contributed by atoms with E-state index in [9.17, 15) is 0 Å². The van der Waals surface area contributed by atoms with Gasteiger partial charge in [0, 0.05) is 38.4 Å². The largest absolute Gasteiger partial charge is 0.382 e. The van der Waals surface area contributed by atoms with Crippen molar-refractivity contribution in [2.45, 2.75) is 40.0 Å². The maximum absolute atomic E-state index is 6.07. The molecule has 2 N–H and O–H groups in total. The van der Waals surface area contributed by atoms with E-state index in [1.807, 2.05) is 25.1 Å². The van der Waals surface area contributed by atoms with Crippen LogP contribution in [0.4, 0.5) is 0 Å². The zero-order chi connectivity index (χ0) is 17.8. The van der Waals surface area contributed by atoms with Crippen molar-refractivity contribution in [1.82, 2.24) is 10.6 Å². The molecule has 0 saturated heterocycles. The van der Waals surface area contributed by atoms with Crippen LogP contribution in [-0.2, 0) is 11.2 Å². The third-order valence-corrected chi connectivity index (χ3v) is 3.98. The highest BCUT2D eigenvalue weighted by Crippen LogP contribution is 2.22. The summed E-state index contributed by atoms with van der Waals surface area (Å²) in [7, 11) is 1.81. The maximum Gasteiger partial charge on any atom is 0.190 e. The van der Waals surface area contributed by atoms with E-state index in [0.29, 0.717) is 0 Å². The lowest BCUT2D eigenvalue weighted by Crippen LogP contribution is -2.43. The van der Waals surface area contributed by atoms with Crippen LogP contribution < -0.4 is 10.6 Å². The summed E-state index contributed by atoms with van der Waals surface area (Å²) in [6.07, 6.45) is 3.11. The van der Waals surface area contributed by atoms with Crippen LogP contribution in [0.15, 0.2) is 29.3 Å². The van der Waals surface area contributed by atoms with Crippen LogP contribution >= 0.6 is 11.6 Å². The first-order valence-corrected chi connectivity index (χ1v) is 9.11. The van der Waals surface area contributed by atoms with Crippen molar-refractivity contribution in [2.75, 3.05) is 33.4 Å². The number of hydrogen-bond acceptors (Lipinski definition) is 2. The predicted octanol–water partition coefficient (Wildman–Crippen LogP) is 3.89. The Morgan fingerprint density at radius 2 is 2.04 bits per heavy atom. The molecule has 0 radical (unpaired) electrons. The van der Waals surface area contributed by atoms with Gasteiger partial charge in [-0.15, -0.1) is 0 Å². The van der Waals surface area contributed by atoms with Gasteiger partial charge in [-0.1, -0.05) is 37.6 Å². The van der Waals surface area contributed by atoms with E-state index in [4.69, 9.17) is 16.3 Å². The van der Waals surface area contributed by atoms with Gasteiger partial charge in [-0.25, -0.2) is 0 Å². The Balaban J connectivity index is 2.33. The van der Waals surface area contributed by atoms with E-state index in [-0.39, 0.29) is 5.41 Å². The van der Waals surface area contributed by atoms with Crippen molar-refractivity contribution in [3.8, 4) is 0 Å². The normalized spacial score (nSPS) is 12.3. The summed E-state index contributed by atoms with van der Waals surface area (Å²) in [5, 5.41) is 7.57. The second-order valence-electron chi connectivity index (χ2n) is 6.73. The maximum atomic E-state index is 6.07. The lowest BCUT2D eigenvalue weighted by molar-refractivity contribution is 0.143. The second kappa shape index (κ2) is 11.3. The number of unbranched alkanes of at least 4 members (excludes halogenated alkanes) is 1. The quantitative estimate of drug-likeness (QED) is 0.381. The number of nitrogens with zero attached hydrogens (tertiary/aromatic N) is 1. The van der Waals surface area contributed by atoms with Crippen molar-refractivity contribution in [3.63, 3.8) is 0 Å². The number of ether oxygens (including phenoxy) is 1. The van der Waals surface area contributed by atoms with Crippen LogP contribution in [-0.4, -0.2) is 39.3 Å². The van der Waals surface area contributed by atoms with E-state index in [0.717, 1.165) is 56.5 Å². The third kappa shape index (κ3) is 9.14. The summed E-state index contributed by atoms with van der Waals surface area (Å²) in [6.45, 7) is 9.89. The number of aliphatic imine (C=N–C) groups is 1. The molecule has 0 aliphatic rings. The average Bonchev–Trinajstić information content (AvgIpc) is 2.53. The van der Waals surface area contributed by atoms with Gasteiger partial charge in [-0.2, -0.15) is 0 Å². The fourth-order valence-electron chi connectivity index (χ4n) is 2.49. The van der Waals surface area contributed by atoms with Crippen molar-refractivity contribution in [2.24, 2.45) is 10.4 Å². The summed E-state index contributed by atoms with van der Waals surface area (Å²) < 4.78 is 5.34. The molecule has 5 heteroatoms. The van der Waals surface area contributed by atoms with Gasteiger partial charge in [0.25, 0.3) is 0 Å². The molecule has 0 aliphatic carbocycles. The van der Waals surface area contributed by atoms with E-state index in [2.05, 4.69) is 35.5 Å². The first-order valence-electron chi connectivity index (χ1n) is 8.73. The third-order valence-electron chi connectivity index (χ3n) is 3.74. The molecule has 0 aromatic heterocycles. The summed E-state index contributed by atoms with van der Waals surface area (Å²) in [4.78, 5) is 4.29. The fourth-order valence-corrected chi connectivity index (χ4v) is 2.70. The van der Waals surface area contributed by atoms with Gasteiger partial charge in [0.05, 0.1) is 0 Å². The monoisotopic (exact) mass is 353 g/mol. The van der Waals surface area contributed by atoms with E-state index >= 15 is 0 Å². The Labute approximate surface area is 152 Å². The SMILES string of the molecule is CCOCCCCNC(=NC)NCC(C)(C)Cc1cccc(Cl)c1. The van der Waals surface area contributed by atoms with Gasteiger partial charge in [0.1, 0.15) is 0 Å². The Morgan fingerprint density at radius 1 is 1.25 bits per heavy atom. The lowest BCUT2D eigenvalue weighted by atomic mass is 9.86. The zero-order valence-corrected chi connectivity index (χ0v) is 16.2. The van der Waals surface area contributed by atoms with Gasteiger partial charge in [-0.05, 0) is 49.3 Å². The van der Waals surface area contributed by atoms with Crippen LogP contribution in [0.2, 0.25) is 5.02 Å². The number of nitrogens with one attached hydrogen (secondary N) is 2. The molecule has 0 saturated carbocycles. The molecule has 0 atom stereocenters. The van der Waals surface area contributed by atoms with Crippen LogP contribution in [0, 0.1) is 5.41 Å². The van der Waals surface area contributed by atoms with Crippen molar-refractivity contribution >= 4 is 17.6 Å². The smallest absolute Gasteiger partial charge is 0.190 e. The van der Waals surface area contributed by atoms with Crippen LogP contribution in [0.1, 0.15) is 39.2 Å². The molecule has 0 bridgehead atoms. The predicted molar refractivity (Wildman–Crippen MR) is 104 cm³/mol. The minimum atomic E-state index is 0.108. The Morgan fingerprint density at radius 3 is 2.71 bits per heavy atom. The van der Waals surface area contributed by atoms with Crippen LogP contribution in [0.25, 0.3) is 0 Å².